The fraction of sp³-hybridized carbons (Fsp3) is 0.235. The molecule has 0 aliphatic rings. The molecular formula is C17H19N5. The standard InChI is InChI=1S/C17H19N5/c1-2-11-18-12-13-7-9-14(10-8-13)15-5-3-4-6-16(15)17-19-21-22-20-17/h3-10,18H,2,11-12H2,1H3,(H,19,20,21,22). The van der Waals surface area contributed by atoms with Crippen LogP contribution in [0.25, 0.3) is 22.5 Å². The van der Waals surface area contributed by atoms with Crippen molar-refractivity contribution >= 4 is 0 Å². The summed E-state index contributed by atoms with van der Waals surface area (Å²) in [5.41, 5.74) is 4.57. The molecule has 3 aromatic rings. The van der Waals surface area contributed by atoms with E-state index in [4.69, 9.17) is 0 Å². The molecule has 0 spiro atoms. The van der Waals surface area contributed by atoms with E-state index in [1.54, 1.807) is 0 Å². The number of nitrogens with zero attached hydrogens (tertiary/aromatic N) is 3. The first-order valence-corrected chi connectivity index (χ1v) is 7.51. The number of benzene rings is 2. The van der Waals surface area contributed by atoms with E-state index in [0.29, 0.717) is 5.82 Å². The highest BCUT2D eigenvalue weighted by Gasteiger charge is 2.09. The second-order valence-corrected chi connectivity index (χ2v) is 5.17. The molecule has 0 saturated heterocycles. The molecule has 1 aromatic heterocycles. The number of H-pyrrole nitrogens is 1. The Bertz CT molecular complexity index is 704. The lowest BCUT2D eigenvalue weighted by Crippen LogP contribution is -2.13. The SMILES string of the molecule is CCCNCc1ccc(-c2ccccc2-c2nnn[nH]2)cc1. The molecule has 0 bridgehead atoms. The lowest BCUT2D eigenvalue weighted by atomic mass is 9.98. The fourth-order valence-electron chi connectivity index (χ4n) is 2.43. The number of aromatic nitrogens is 4. The van der Waals surface area contributed by atoms with Crippen LogP contribution in [0.4, 0.5) is 0 Å². The molecule has 0 unspecified atom stereocenters. The van der Waals surface area contributed by atoms with Gasteiger partial charge in [-0.2, -0.15) is 0 Å². The van der Waals surface area contributed by atoms with E-state index in [9.17, 15) is 0 Å². The molecule has 0 aliphatic heterocycles. The number of aromatic amines is 1. The van der Waals surface area contributed by atoms with Gasteiger partial charge in [0.1, 0.15) is 0 Å². The number of rotatable bonds is 6. The van der Waals surface area contributed by atoms with E-state index in [1.807, 2.05) is 18.2 Å². The van der Waals surface area contributed by atoms with Crippen molar-refractivity contribution in [2.24, 2.45) is 0 Å². The van der Waals surface area contributed by atoms with Crippen LogP contribution >= 0.6 is 0 Å². The van der Waals surface area contributed by atoms with Gasteiger partial charge in [0.25, 0.3) is 0 Å². The Hall–Kier alpha value is -2.53. The summed E-state index contributed by atoms with van der Waals surface area (Å²) >= 11 is 0. The third-order valence-corrected chi connectivity index (χ3v) is 3.55. The van der Waals surface area contributed by atoms with Gasteiger partial charge in [0.2, 0.25) is 0 Å². The molecule has 0 fully saturated rings. The van der Waals surface area contributed by atoms with Crippen LogP contribution < -0.4 is 5.32 Å². The molecule has 0 saturated carbocycles. The largest absolute Gasteiger partial charge is 0.313 e. The van der Waals surface area contributed by atoms with Gasteiger partial charge >= 0.3 is 0 Å². The topological polar surface area (TPSA) is 66.5 Å². The van der Waals surface area contributed by atoms with Gasteiger partial charge in [-0.05, 0) is 40.1 Å². The number of tetrazole rings is 1. The fourth-order valence-corrected chi connectivity index (χ4v) is 2.43. The summed E-state index contributed by atoms with van der Waals surface area (Å²) in [6.07, 6.45) is 1.15. The Morgan fingerprint density at radius 2 is 1.77 bits per heavy atom. The van der Waals surface area contributed by atoms with E-state index in [-0.39, 0.29) is 0 Å². The smallest absolute Gasteiger partial charge is 0.180 e. The highest BCUT2D eigenvalue weighted by Crippen LogP contribution is 2.29. The van der Waals surface area contributed by atoms with Crippen LogP contribution in [-0.4, -0.2) is 27.2 Å². The number of nitrogens with one attached hydrogen (secondary N) is 2. The zero-order chi connectivity index (χ0) is 15.2. The summed E-state index contributed by atoms with van der Waals surface area (Å²) in [5.74, 6) is 0.685. The Morgan fingerprint density at radius 3 is 2.45 bits per heavy atom. The Kier molecular flexibility index (Phi) is 4.56. The van der Waals surface area contributed by atoms with Crippen LogP contribution in [0.3, 0.4) is 0 Å². The van der Waals surface area contributed by atoms with Crippen LogP contribution in [0.1, 0.15) is 18.9 Å². The van der Waals surface area contributed by atoms with Gasteiger partial charge in [0, 0.05) is 12.1 Å². The van der Waals surface area contributed by atoms with Crippen molar-refractivity contribution in [3.63, 3.8) is 0 Å². The van der Waals surface area contributed by atoms with Crippen LogP contribution in [0.15, 0.2) is 48.5 Å². The molecular weight excluding hydrogens is 274 g/mol. The monoisotopic (exact) mass is 293 g/mol. The lowest BCUT2D eigenvalue weighted by molar-refractivity contribution is 0.675. The van der Waals surface area contributed by atoms with Gasteiger partial charge in [0.15, 0.2) is 5.82 Å². The maximum Gasteiger partial charge on any atom is 0.180 e. The summed E-state index contributed by atoms with van der Waals surface area (Å²) in [6, 6.07) is 16.7. The van der Waals surface area contributed by atoms with E-state index in [0.717, 1.165) is 36.2 Å². The quantitative estimate of drug-likeness (QED) is 0.686. The van der Waals surface area contributed by atoms with Gasteiger partial charge in [-0.3, -0.25) is 0 Å². The minimum absolute atomic E-state index is 0.685. The summed E-state index contributed by atoms with van der Waals surface area (Å²) in [4.78, 5) is 0. The van der Waals surface area contributed by atoms with Crippen molar-refractivity contribution in [1.82, 2.24) is 25.9 Å². The summed E-state index contributed by atoms with van der Waals surface area (Å²) in [6.45, 7) is 4.12. The van der Waals surface area contributed by atoms with E-state index < -0.39 is 0 Å². The molecule has 0 radical (unpaired) electrons. The van der Waals surface area contributed by atoms with Crippen LogP contribution in [-0.2, 0) is 6.54 Å². The van der Waals surface area contributed by atoms with E-state index >= 15 is 0 Å². The molecule has 0 atom stereocenters. The van der Waals surface area contributed by atoms with Gasteiger partial charge in [0.05, 0.1) is 0 Å². The lowest BCUT2D eigenvalue weighted by Gasteiger charge is -2.08. The first-order valence-electron chi connectivity index (χ1n) is 7.51. The normalized spacial score (nSPS) is 10.8. The predicted octanol–water partition coefficient (Wildman–Crippen LogP) is 3.03. The number of hydrogen-bond acceptors (Lipinski definition) is 4. The van der Waals surface area contributed by atoms with Crippen LogP contribution in [0.2, 0.25) is 0 Å². The highest BCUT2D eigenvalue weighted by molar-refractivity contribution is 5.80. The van der Waals surface area contributed by atoms with Crippen LogP contribution in [0, 0.1) is 0 Å². The zero-order valence-corrected chi connectivity index (χ0v) is 12.6. The van der Waals surface area contributed by atoms with E-state index in [2.05, 4.69) is 63.2 Å². The molecule has 1 heterocycles. The summed E-state index contributed by atoms with van der Waals surface area (Å²) in [7, 11) is 0. The maximum atomic E-state index is 4.01. The maximum absolute atomic E-state index is 4.01. The van der Waals surface area contributed by atoms with Crippen molar-refractivity contribution in [1.29, 1.82) is 0 Å². The van der Waals surface area contributed by atoms with Crippen LogP contribution in [0.5, 0.6) is 0 Å². The summed E-state index contributed by atoms with van der Waals surface area (Å²) in [5, 5.41) is 17.6. The molecule has 5 nitrogen and oxygen atoms in total. The first-order chi connectivity index (χ1) is 10.9. The van der Waals surface area contributed by atoms with Crippen molar-refractivity contribution in [2.75, 3.05) is 6.54 Å². The molecule has 2 N–H and O–H groups in total. The minimum Gasteiger partial charge on any atom is -0.313 e. The van der Waals surface area contributed by atoms with Gasteiger partial charge < -0.3 is 5.32 Å². The molecule has 5 heteroatoms. The second kappa shape index (κ2) is 6.95. The van der Waals surface area contributed by atoms with Gasteiger partial charge in [-0.15, -0.1) is 5.10 Å². The second-order valence-electron chi connectivity index (χ2n) is 5.17. The number of hydrogen-bond donors (Lipinski definition) is 2. The average molecular weight is 293 g/mol. The van der Waals surface area contributed by atoms with Crippen molar-refractivity contribution in [3.8, 4) is 22.5 Å². The molecule has 3 rings (SSSR count). The highest BCUT2D eigenvalue weighted by atomic mass is 15.5. The third-order valence-electron chi connectivity index (χ3n) is 3.55. The minimum atomic E-state index is 0.685. The summed E-state index contributed by atoms with van der Waals surface area (Å²) < 4.78 is 0. The average Bonchev–Trinajstić information content (AvgIpc) is 3.10. The molecule has 0 amide bonds. The molecule has 0 aliphatic carbocycles. The van der Waals surface area contributed by atoms with Crippen molar-refractivity contribution < 1.29 is 0 Å². The van der Waals surface area contributed by atoms with E-state index in [1.165, 1.54) is 5.56 Å². The first kappa shape index (κ1) is 14.4. The third kappa shape index (κ3) is 3.20. The Balaban J connectivity index is 1.86. The Morgan fingerprint density at radius 1 is 1.00 bits per heavy atom. The van der Waals surface area contributed by atoms with Gasteiger partial charge in [-0.1, -0.05) is 55.5 Å². The van der Waals surface area contributed by atoms with Gasteiger partial charge in [-0.25, -0.2) is 5.10 Å². The van der Waals surface area contributed by atoms with Crippen molar-refractivity contribution in [2.45, 2.75) is 19.9 Å². The molecule has 112 valence electrons. The molecule has 22 heavy (non-hydrogen) atoms. The predicted molar refractivity (Wildman–Crippen MR) is 87.0 cm³/mol. The van der Waals surface area contributed by atoms with Crippen molar-refractivity contribution in [3.05, 3.63) is 54.1 Å². The Labute approximate surface area is 129 Å². The molecule has 2 aromatic carbocycles. The zero-order valence-electron chi connectivity index (χ0n) is 12.6.